The summed E-state index contributed by atoms with van der Waals surface area (Å²) in [6, 6.07) is 13.1. The fourth-order valence-electron chi connectivity index (χ4n) is 4.88. The predicted molar refractivity (Wildman–Crippen MR) is 134 cm³/mol. The van der Waals surface area contributed by atoms with Gasteiger partial charge < -0.3 is 15.1 Å². The van der Waals surface area contributed by atoms with Gasteiger partial charge in [0.05, 0.1) is 11.7 Å². The highest BCUT2D eigenvalue weighted by molar-refractivity contribution is 5.95. The molecule has 1 amide bonds. The van der Waals surface area contributed by atoms with Crippen LogP contribution in [0.5, 0.6) is 0 Å². The van der Waals surface area contributed by atoms with Crippen molar-refractivity contribution in [2.75, 3.05) is 36.4 Å². The molecule has 1 saturated heterocycles. The van der Waals surface area contributed by atoms with E-state index in [4.69, 9.17) is 0 Å². The van der Waals surface area contributed by atoms with E-state index in [1.807, 2.05) is 11.8 Å². The molecular weight excluding hydrogens is 410 g/mol. The van der Waals surface area contributed by atoms with Crippen LogP contribution in [0, 0.1) is 26.7 Å². The number of amides is 1. The summed E-state index contributed by atoms with van der Waals surface area (Å²) >= 11 is 0. The largest absolute Gasteiger partial charge is 0.368 e. The number of aryl methyl sites for hydroxylation is 2. The SMILES string of the molecule is Cc1cccc([C@@H](C)Nc2nnc(C)c3ccc(N4CCN(C(=O)C5CC5)CC4)cc23)c1C. The zero-order valence-corrected chi connectivity index (χ0v) is 20.1. The molecule has 6 heteroatoms. The van der Waals surface area contributed by atoms with Gasteiger partial charge in [-0.2, -0.15) is 5.10 Å². The molecule has 2 aromatic carbocycles. The average molecular weight is 444 g/mol. The fraction of sp³-hybridized carbons (Fsp3) is 0.444. The highest BCUT2D eigenvalue weighted by atomic mass is 16.2. The van der Waals surface area contributed by atoms with Crippen LogP contribution in [-0.2, 0) is 4.79 Å². The van der Waals surface area contributed by atoms with Crippen molar-refractivity contribution in [3.8, 4) is 0 Å². The van der Waals surface area contributed by atoms with Crippen molar-refractivity contribution in [1.29, 1.82) is 0 Å². The van der Waals surface area contributed by atoms with E-state index in [0.29, 0.717) is 11.8 Å². The second-order valence-corrected chi connectivity index (χ2v) is 9.61. The summed E-state index contributed by atoms with van der Waals surface area (Å²) in [5.41, 5.74) is 5.99. The number of carbonyl (C=O) groups is 1. The smallest absolute Gasteiger partial charge is 0.225 e. The van der Waals surface area contributed by atoms with E-state index in [1.54, 1.807) is 0 Å². The van der Waals surface area contributed by atoms with Crippen LogP contribution in [0.4, 0.5) is 11.5 Å². The van der Waals surface area contributed by atoms with Crippen LogP contribution < -0.4 is 10.2 Å². The van der Waals surface area contributed by atoms with Crippen LogP contribution in [0.1, 0.15) is 48.2 Å². The number of rotatable bonds is 5. The summed E-state index contributed by atoms with van der Waals surface area (Å²) in [5, 5.41) is 14.8. The summed E-state index contributed by atoms with van der Waals surface area (Å²) in [5.74, 6) is 1.46. The summed E-state index contributed by atoms with van der Waals surface area (Å²) < 4.78 is 0. The molecule has 1 aliphatic heterocycles. The van der Waals surface area contributed by atoms with Gasteiger partial charge in [0.2, 0.25) is 5.91 Å². The van der Waals surface area contributed by atoms with E-state index in [9.17, 15) is 4.79 Å². The maximum atomic E-state index is 12.4. The van der Waals surface area contributed by atoms with E-state index < -0.39 is 0 Å². The van der Waals surface area contributed by atoms with Gasteiger partial charge in [0, 0.05) is 48.6 Å². The molecule has 1 atom stereocenters. The molecule has 33 heavy (non-hydrogen) atoms. The fourth-order valence-corrected chi connectivity index (χ4v) is 4.88. The Labute approximate surface area is 196 Å². The minimum absolute atomic E-state index is 0.116. The highest BCUT2D eigenvalue weighted by Crippen LogP contribution is 2.33. The van der Waals surface area contributed by atoms with Gasteiger partial charge in [-0.15, -0.1) is 5.10 Å². The Balaban J connectivity index is 1.40. The van der Waals surface area contributed by atoms with Crippen molar-refractivity contribution in [3.05, 3.63) is 58.8 Å². The molecule has 2 aliphatic rings. The van der Waals surface area contributed by atoms with Gasteiger partial charge in [-0.1, -0.05) is 24.3 Å². The standard InChI is InChI=1S/C27H33N5O/c1-17-6-5-7-23(18(17)2)19(3)28-26-25-16-22(10-11-24(25)20(4)29-30-26)31-12-14-32(15-13-31)27(33)21-8-9-21/h5-7,10-11,16,19,21H,8-9,12-15H2,1-4H3,(H,28,30)/t19-/m1/s1. The first-order valence-electron chi connectivity index (χ1n) is 12.1. The van der Waals surface area contributed by atoms with Crippen molar-refractivity contribution in [2.45, 2.75) is 46.6 Å². The van der Waals surface area contributed by atoms with E-state index in [-0.39, 0.29) is 6.04 Å². The summed E-state index contributed by atoms with van der Waals surface area (Å²) in [6.45, 7) is 11.8. The number of hydrogen-bond acceptors (Lipinski definition) is 5. The normalized spacial score (nSPS) is 17.3. The van der Waals surface area contributed by atoms with Gasteiger partial charge in [-0.05, 0) is 69.4 Å². The lowest BCUT2D eigenvalue weighted by molar-refractivity contribution is -0.132. The molecule has 0 unspecified atom stereocenters. The maximum Gasteiger partial charge on any atom is 0.225 e. The number of aromatic nitrogens is 2. The molecule has 5 rings (SSSR count). The van der Waals surface area contributed by atoms with Crippen LogP contribution >= 0.6 is 0 Å². The lowest BCUT2D eigenvalue weighted by Gasteiger charge is -2.36. The molecule has 0 radical (unpaired) electrons. The third-order valence-corrected chi connectivity index (χ3v) is 7.30. The number of nitrogens with zero attached hydrogens (tertiary/aromatic N) is 4. The Morgan fingerprint density at radius 3 is 2.48 bits per heavy atom. The summed E-state index contributed by atoms with van der Waals surface area (Å²) in [4.78, 5) is 16.8. The second kappa shape index (κ2) is 8.65. The monoisotopic (exact) mass is 443 g/mol. The molecule has 3 aromatic rings. The average Bonchev–Trinajstić information content (AvgIpc) is 3.67. The summed E-state index contributed by atoms with van der Waals surface area (Å²) in [6.07, 6.45) is 2.14. The molecule has 6 nitrogen and oxygen atoms in total. The minimum atomic E-state index is 0.116. The van der Waals surface area contributed by atoms with Crippen LogP contribution in [0.2, 0.25) is 0 Å². The van der Waals surface area contributed by atoms with Gasteiger partial charge in [0.1, 0.15) is 0 Å². The number of piperazine rings is 1. The van der Waals surface area contributed by atoms with Crippen molar-refractivity contribution in [3.63, 3.8) is 0 Å². The molecule has 1 N–H and O–H groups in total. The molecule has 0 spiro atoms. The van der Waals surface area contributed by atoms with Crippen molar-refractivity contribution < 1.29 is 4.79 Å². The molecule has 0 bridgehead atoms. The van der Waals surface area contributed by atoms with E-state index >= 15 is 0 Å². The first kappa shape index (κ1) is 21.7. The third kappa shape index (κ3) is 4.26. The minimum Gasteiger partial charge on any atom is -0.368 e. The van der Waals surface area contributed by atoms with Crippen LogP contribution in [0.15, 0.2) is 36.4 Å². The van der Waals surface area contributed by atoms with Crippen molar-refractivity contribution in [2.24, 2.45) is 5.92 Å². The van der Waals surface area contributed by atoms with Gasteiger partial charge in [-0.3, -0.25) is 4.79 Å². The molecule has 2 heterocycles. The van der Waals surface area contributed by atoms with Crippen molar-refractivity contribution >= 4 is 28.2 Å². The Morgan fingerprint density at radius 2 is 1.76 bits per heavy atom. The number of nitrogens with one attached hydrogen (secondary N) is 1. The van der Waals surface area contributed by atoms with Crippen LogP contribution in [-0.4, -0.2) is 47.2 Å². The lowest BCUT2D eigenvalue weighted by Crippen LogP contribution is -2.49. The van der Waals surface area contributed by atoms with Gasteiger partial charge >= 0.3 is 0 Å². The van der Waals surface area contributed by atoms with E-state index in [0.717, 1.165) is 61.3 Å². The van der Waals surface area contributed by atoms with E-state index in [2.05, 4.69) is 77.6 Å². The topological polar surface area (TPSA) is 61.4 Å². The quantitative estimate of drug-likeness (QED) is 0.615. The molecule has 172 valence electrons. The number of benzene rings is 2. The number of hydrogen-bond donors (Lipinski definition) is 1. The Kier molecular flexibility index (Phi) is 5.69. The van der Waals surface area contributed by atoms with Gasteiger partial charge in [0.25, 0.3) is 0 Å². The molecule has 1 aliphatic carbocycles. The van der Waals surface area contributed by atoms with E-state index in [1.165, 1.54) is 22.4 Å². The molecule has 1 saturated carbocycles. The van der Waals surface area contributed by atoms with Gasteiger partial charge in [-0.25, -0.2) is 0 Å². The first-order valence-corrected chi connectivity index (χ1v) is 12.1. The number of anilines is 2. The Hall–Kier alpha value is -3.15. The Morgan fingerprint density at radius 1 is 1.00 bits per heavy atom. The highest BCUT2D eigenvalue weighted by Gasteiger charge is 2.34. The molecular formula is C27H33N5O. The zero-order valence-electron chi connectivity index (χ0n) is 20.1. The number of carbonyl (C=O) groups excluding carboxylic acids is 1. The maximum absolute atomic E-state index is 12.4. The zero-order chi connectivity index (χ0) is 23.1. The third-order valence-electron chi connectivity index (χ3n) is 7.30. The first-order chi connectivity index (χ1) is 15.9. The van der Waals surface area contributed by atoms with Gasteiger partial charge in [0.15, 0.2) is 5.82 Å². The van der Waals surface area contributed by atoms with Crippen molar-refractivity contribution in [1.82, 2.24) is 15.1 Å². The molecule has 2 fully saturated rings. The van der Waals surface area contributed by atoms with Crippen LogP contribution in [0.3, 0.4) is 0 Å². The van der Waals surface area contributed by atoms with Crippen LogP contribution in [0.25, 0.3) is 10.8 Å². The second-order valence-electron chi connectivity index (χ2n) is 9.61. The predicted octanol–water partition coefficient (Wildman–Crippen LogP) is 4.79. The lowest BCUT2D eigenvalue weighted by atomic mass is 9.98. The summed E-state index contributed by atoms with van der Waals surface area (Å²) in [7, 11) is 0. The Bertz CT molecular complexity index is 1190. The molecule has 1 aromatic heterocycles. The number of fused-ring (bicyclic) bond motifs is 1.